The summed E-state index contributed by atoms with van der Waals surface area (Å²) in [5.41, 5.74) is 7.09. The van der Waals surface area contributed by atoms with Gasteiger partial charge in [0.05, 0.1) is 29.6 Å². The summed E-state index contributed by atoms with van der Waals surface area (Å²) in [6, 6.07) is 5.64. The molecule has 4 N–H and O–H groups in total. The lowest BCUT2D eigenvalue weighted by atomic mass is 9.99. The molecule has 0 saturated carbocycles. The number of aliphatic hydroxyl groups excluding tert-OH is 1. The van der Waals surface area contributed by atoms with Gasteiger partial charge in [-0.2, -0.15) is 0 Å². The van der Waals surface area contributed by atoms with Crippen LogP contribution in [0.2, 0.25) is 0 Å². The van der Waals surface area contributed by atoms with E-state index in [1.807, 2.05) is 45.9 Å². The van der Waals surface area contributed by atoms with Crippen LogP contribution in [0, 0.1) is 0 Å². The number of para-hydroxylation sites is 1. The number of benzene rings is 1. The average molecular weight is 252 g/mol. The predicted molar refractivity (Wildman–Crippen MR) is 76.0 cm³/mol. The molecule has 102 valence electrons. The van der Waals surface area contributed by atoms with Crippen LogP contribution in [0.15, 0.2) is 18.2 Å². The van der Waals surface area contributed by atoms with Gasteiger partial charge in [0.1, 0.15) is 5.75 Å². The van der Waals surface area contributed by atoms with E-state index in [0.29, 0.717) is 11.4 Å². The van der Waals surface area contributed by atoms with Crippen molar-refractivity contribution in [2.24, 2.45) is 0 Å². The van der Waals surface area contributed by atoms with Gasteiger partial charge in [-0.25, -0.2) is 0 Å². The molecule has 0 amide bonds. The third-order valence-corrected chi connectivity index (χ3v) is 2.99. The summed E-state index contributed by atoms with van der Waals surface area (Å²) in [7, 11) is 0. The maximum Gasteiger partial charge on any atom is 0.144 e. The number of nitrogens with two attached hydrogens (primary N) is 1. The van der Waals surface area contributed by atoms with E-state index in [-0.39, 0.29) is 18.2 Å². The van der Waals surface area contributed by atoms with Crippen molar-refractivity contribution < 1.29 is 9.84 Å². The summed E-state index contributed by atoms with van der Waals surface area (Å²) in [6.07, 6.45) is 0.885. The van der Waals surface area contributed by atoms with E-state index in [4.69, 9.17) is 10.5 Å². The van der Waals surface area contributed by atoms with Crippen molar-refractivity contribution in [1.29, 1.82) is 0 Å². The zero-order valence-electron chi connectivity index (χ0n) is 11.7. The standard InChI is InChI=1S/C14H24N2O2/c1-5-14(4,9-17)16-11-7-6-8-12(13(11)15)18-10(2)3/h6-8,10,16-17H,5,9,15H2,1-4H3. The third kappa shape index (κ3) is 3.53. The fourth-order valence-corrected chi connectivity index (χ4v) is 1.57. The highest BCUT2D eigenvalue weighted by molar-refractivity contribution is 5.73. The Balaban J connectivity index is 2.96. The Hall–Kier alpha value is -1.42. The molecule has 0 aliphatic heterocycles. The molecule has 1 rings (SSSR count). The monoisotopic (exact) mass is 252 g/mol. The van der Waals surface area contributed by atoms with Crippen LogP contribution in [0.3, 0.4) is 0 Å². The molecule has 0 aromatic heterocycles. The predicted octanol–water partition coefficient (Wildman–Crippen LogP) is 2.63. The van der Waals surface area contributed by atoms with E-state index in [9.17, 15) is 5.11 Å². The van der Waals surface area contributed by atoms with Crippen molar-refractivity contribution in [2.45, 2.75) is 45.8 Å². The molecule has 0 aliphatic carbocycles. The van der Waals surface area contributed by atoms with E-state index in [2.05, 4.69) is 5.32 Å². The van der Waals surface area contributed by atoms with Crippen LogP contribution in [-0.4, -0.2) is 23.4 Å². The molecule has 0 bridgehead atoms. The van der Waals surface area contributed by atoms with E-state index < -0.39 is 0 Å². The minimum Gasteiger partial charge on any atom is -0.489 e. The van der Waals surface area contributed by atoms with Crippen molar-refractivity contribution in [3.63, 3.8) is 0 Å². The highest BCUT2D eigenvalue weighted by atomic mass is 16.5. The minimum absolute atomic E-state index is 0.0538. The van der Waals surface area contributed by atoms with Crippen LogP contribution < -0.4 is 15.8 Å². The molecule has 1 aromatic carbocycles. The maximum atomic E-state index is 9.42. The van der Waals surface area contributed by atoms with Crippen LogP contribution in [0.4, 0.5) is 11.4 Å². The van der Waals surface area contributed by atoms with Crippen molar-refractivity contribution in [3.8, 4) is 5.75 Å². The second-order valence-corrected chi connectivity index (χ2v) is 5.08. The van der Waals surface area contributed by atoms with Crippen molar-refractivity contribution >= 4 is 11.4 Å². The first-order chi connectivity index (χ1) is 8.41. The van der Waals surface area contributed by atoms with Gasteiger partial charge in [-0.15, -0.1) is 0 Å². The molecule has 0 spiro atoms. The van der Waals surface area contributed by atoms with Crippen LogP contribution in [-0.2, 0) is 0 Å². The maximum absolute atomic E-state index is 9.42. The fraction of sp³-hybridized carbons (Fsp3) is 0.571. The Labute approximate surface area is 109 Å². The van der Waals surface area contributed by atoms with E-state index in [1.165, 1.54) is 0 Å². The molecule has 4 heteroatoms. The number of nitrogens with one attached hydrogen (secondary N) is 1. The summed E-state index contributed by atoms with van der Waals surface area (Å²) in [6.45, 7) is 7.96. The molecular weight excluding hydrogens is 228 g/mol. The molecule has 18 heavy (non-hydrogen) atoms. The lowest BCUT2D eigenvalue weighted by Gasteiger charge is -2.29. The van der Waals surface area contributed by atoms with Gasteiger partial charge in [0.15, 0.2) is 0 Å². The van der Waals surface area contributed by atoms with Gasteiger partial charge in [0, 0.05) is 0 Å². The number of anilines is 2. The van der Waals surface area contributed by atoms with Gasteiger partial charge in [-0.05, 0) is 39.3 Å². The van der Waals surface area contributed by atoms with Gasteiger partial charge in [0.2, 0.25) is 0 Å². The summed E-state index contributed by atoms with van der Waals surface area (Å²) in [5, 5.41) is 12.7. The molecule has 1 atom stereocenters. The van der Waals surface area contributed by atoms with Gasteiger partial charge in [0.25, 0.3) is 0 Å². The lowest BCUT2D eigenvalue weighted by molar-refractivity contribution is 0.219. The smallest absolute Gasteiger partial charge is 0.144 e. The van der Waals surface area contributed by atoms with Crippen LogP contribution in [0.5, 0.6) is 5.75 Å². The van der Waals surface area contributed by atoms with Crippen molar-refractivity contribution in [1.82, 2.24) is 0 Å². The molecule has 0 aliphatic rings. The summed E-state index contributed by atoms with van der Waals surface area (Å²) in [5.74, 6) is 0.673. The number of rotatable bonds is 6. The molecule has 4 nitrogen and oxygen atoms in total. The number of aliphatic hydroxyl groups is 1. The van der Waals surface area contributed by atoms with Gasteiger partial charge in [-0.1, -0.05) is 13.0 Å². The molecule has 0 radical (unpaired) electrons. The van der Waals surface area contributed by atoms with Crippen LogP contribution in [0.25, 0.3) is 0 Å². The highest BCUT2D eigenvalue weighted by Crippen LogP contribution is 2.32. The molecule has 0 saturated heterocycles. The van der Waals surface area contributed by atoms with Gasteiger partial charge < -0.3 is 20.9 Å². The van der Waals surface area contributed by atoms with E-state index in [0.717, 1.165) is 12.1 Å². The Bertz CT molecular complexity index is 387. The van der Waals surface area contributed by atoms with Gasteiger partial charge in [-0.3, -0.25) is 0 Å². The third-order valence-electron chi connectivity index (χ3n) is 2.99. The van der Waals surface area contributed by atoms with E-state index in [1.54, 1.807) is 0 Å². The Kier molecular flexibility index (Phi) is 4.84. The van der Waals surface area contributed by atoms with Crippen molar-refractivity contribution in [3.05, 3.63) is 18.2 Å². The Morgan fingerprint density at radius 1 is 1.44 bits per heavy atom. The lowest BCUT2D eigenvalue weighted by Crippen LogP contribution is -2.38. The minimum atomic E-state index is -0.370. The SMILES string of the molecule is CCC(C)(CO)Nc1cccc(OC(C)C)c1N. The number of hydrogen-bond acceptors (Lipinski definition) is 4. The quantitative estimate of drug-likeness (QED) is 0.681. The average Bonchev–Trinajstić information content (AvgIpc) is 2.33. The number of hydrogen-bond donors (Lipinski definition) is 3. The van der Waals surface area contributed by atoms with Gasteiger partial charge >= 0.3 is 0 Å². The first kappa shape index (κ1) is 14.6. The summed E-state index contributed by atoms with van der Waals surface area (Å²) in [4.78, 5) is 0. The second-order valence-electron chi connectivity index (χ2n) is 5.08. The normalized spacial score (nSPS) is 14.3. The second kappa shape index (κ2) is 5.96. The molecule has 1 aromatic rings. The number of ether oxygens (including phenoxy) is 1. The summed E-state index contributed by atoms with van der Waals surface area (Å²) < 4.78 is 5.64. The fourth-order valence-electron chi connectivity index (χ4n) is 1.57. The first-order valence-electron chi connectivity index (χ1n) is 6.36. The van der Waals surface area contributed by atoms with E-state index >= 15 is 0 Å². The molecule has 0 fully saturated rings. The first-order valence-corrected chi connectivity index (χ1v) is 6.36. The molecule has 0 heterocycles. The zero-order chi connectivity index (χ0) is 13.8. The largest absolute Gasteiger partial charge is 0.489 e. The molecule has 1 unspecified atom stereocenters. The van der Waals surface area contributed by atoms with Crippen molar-refractivity contribution in [2.75, 3.05) is 17.7 Å². The highest BCUT2D eigenvalue weighted by Gasteiger charge is 2.22. The zero-order valence-corrected chi connectivity index (χ0v) is 11.7. The number of nitrogen functional groups attached to an aromatic ring is 1. The van der Waals surface area contributed by atoms with Crippen LogP contribution >= 0.6 is 0 Å². The molecular formula is C14H24N2O2. The topological polar surface area (TPSA) is 67.5 Å². The summed E-state index contributed by atoms with van der Waals surface area (Å²) >= 11 is 0. The van der Waals surface area contributed by atoms with Crippen LogP contribution in [0.1, 0.15) is 34.1 Å². The Morgan fingerprint density at radius 2 is 2.11 bits per heavy atom. The Morgan fingerprint density at radius 3 is 2.61 bits per heavy atom.